The summed E-state index contributed by atoms with van der Waals surface area (Å²) in [5.41, 5.74) is 10.8. The van der Waals surface area contributed by atoms with Gasteiger partial charge in [0, 0.05) is 17.8 Å². The number of nitro groups is 1. The third-order valence-corrected chi connectivity index (χ3v) is 3.91. The average molecular weight is 283 g/mol. The van der Waals surface area contributed by atoms with Gasteiger partial charge in [-0.3, -0.25) is 10.1 Å². The summed E-state index contributed by atoms with van der Waals surface area (Å²) in [6.45, 7) is 0. The molecule has 5 nitrogen and oxygen atoms in total. The predicted molar refractivity (Wildman–Crippen MR) is 83.9 cm³/mol. The molecule has 0 amide bonds. The Kier molecular flexibility index (Phi) is 3.48. The van der Waals surface area contributed by atoms with Gasteiger partial charge in [-0.1, -0.05) is 12.1 Å². The van der Waals surface area contributed by atoms with Crippen LogP contribution >= 0.6 is 0 Å². The van der Waals surface area contributed by atoms with Gasteiger partial charge >= 0.3 is 0 Å². The molecule has 3 rings (SSSR count). The number of anilines is 3. The highest BCUT2D eigenvalue weighted by Gasteiger charge is 2.14. The molecule has 1 aliphatic rings. The minimum absolute atomic E-state index is 0.00754. The van der Waals surface area contributed by atoms with Gasteiger partial charge in [0.25, 0.3) is 5.69 Å². The Morgan fingerprint density at radius 2 is 1.90 bits per heavy atom. The molecule has 0 aliphatic heterocycles. The number of aryl methyl sites for hydroxylation is 1. The standard InChI is InChI=1S/C16H17N3O2/c17-14-10-12(19(20)21)8-9-16(14)18-15-7-3-5-11-4-1-2-6-13(11)15/h3,5,7-10,18H,1-2,4,6,17H2. The molecule has 108 valence electrons. The van der Waals surface area contributed by atoms with Gasteiger partial charge < -0.3 is 11.1 Å². The zero-order valence-electron chi connectivity index (χ0n) is 11.6. The molecule has 2 aromatic rings. The van der Waals surface area contributed by atoms with Crippen LogP contribution in [0.4, 0.5) is 22.7 Å². The molecule has 5 heteroatoms. The van der Waals surface area contributed by atoms with E-state index in [0.29, 0.717) is 11.4 Å². The Balaban J connectivity index is 1.92. The minimum Gasteiger partial charge on any atom is -0.397 e. The van der Waals surface area contributed by atoms with E-state index in [1.165, 1.54) is 36.1 Å². The summed E-state index contributed by atoms with van der Waals surface area (Å²) in [7, 11) is 0. The average Bonchev–Trinajstić information content (AvgIpc) is 2.49. The lowest BCUT2D eigenvalue weighted by Gasteiger charge is -2.20. The molecule has 0 spiro atoms. The van der Waals surface area contributed by atoms with Crippen molar-refractivity contribution in [2.24, 2.45) is 0 Å². The first-order chi connectivity index (χ1) is 10.1. The summed E-state index contributed by atoms with van der Waals surface area (Å²) in [6.07, 6.45) is 4.60. The number of nitrogens with two attached hydrogens (primary N) is 1. The Bertz CT molecular complexity index is 698. The number of fused-ring (bicyclic) bond motifs is 1. The summed E-state index contributed by atoms with van der Waals surface area (Å²) in [5, 5.41) is 14.1. The molecule has 0 saturated carbocycles. The van der Waals surface area contributed by atoms with Crippen LogP contribution in [0.1, 0.15) is 24.0 Å². The van der Waals surface area contributed by atoms with E-state index in [1.807, 2.05) is 12.1 Å². The lowest BCUT2D eigenvalue weighted by Crippen LogP contribution is -2.07. The summed E-state index contributed by atoms with van der Waals surface area (Å²) < 4.78 is 0. The van der Waals surface area contributed by atoms with Crippen molar-refractivity contribution in [3.8, 4) is 0 Å². The third-order valence-electron chi connectivity index (χ3n) is 3.91. The van der Waals surface area contributed by atoms with Crippen molar-refractivity contribution in [2.75, 3.05) is 11.1 Å². The van der Waals surface area contributed by atoms with E-state index in [1.54, 1.807) is 6.07 Å². The summed E-state index contributed by atoms with van der Waals surface area (Å²) in [4.78, 5) is 10.3. The van der Waals surface area contributed by atoms with Gasteiger partial charge in [-0.2, -0.15) is 0 Å². The van der Waals surface area contributed by atoms with E-state index >= 15 is 0 Å². The van der Waals surface area contributed by atoms with Crippen LogP contribution in [0.15, 0.2) is 36.4 Å². The molecule has 0 aromatic heterocycles. The predicted octanol–water partition coefficient (Wildman–Crippen LogP) is 3.80. The maximum Gasteiger partial charge on any atom is 0.271 e. The van der Waals surface area contributed by atoms with Gasteiger partial charge in [-0.05, 0) is 48.9 Å². The van der Waals surface area contributed by atoms with Crippen LogP contribution in [-0.4, -0.2) is 4.92 Å². The first-order valence-corrected chi connectivity index (χ1v) is 7.07. The van der Waals surface area contributed by atoms with Gasteiger partial charge in [0.05, 0.1) is 16.3 Å². The second-order valence-electron chi connectivity index (χ2n) is 5.30. The Hall–Kier alpha value is -2.56. The molecule has 0 radical (unpaired) electrons. The Labute approximate surface area is 122 Å². The number of nitrogens with zero attached hydrogens (tertiary/aromatic N) is 1. The van der Waals surface area contributed by atoms with Crippen LogP contribution in [0.5, 0.6) is 0 Å². The molecule has 0 unspecified atom stereocenters. The fourth-order valence-electron chi connectivity index (χ4n) is 2.82. The SMILES string of the molecule is Nc1cc([N+](=O)[O-])ccc1Nc1cccc2c1CCCC2. The number of benzene rings is 2. The Morgan fingerprint density at radius 3 is 2.67 bits per heavy atom. The highest BCUT2D eigenvalue weighted by molar-refractivity contribution is 5.76. The van der Waals surface area contributed by atoms with Crippen LogP contribution < -0.4 is 11.1 Å². The first-order valence-electron chi connectivity index (χ1n) is 7.07. The smallest absolute Gasteiger partial charge is 0.271 e. The van der Waals surface area contributed by atoms with Crippen molar-refractivity contribution in [1.82, 2.24) is 0 Å². The third kappa shape index (κ3) is 2.67. The van der Waals surface area contributed by atoms with Crippen molar-refractivity contribution in [1.29, 1.82) is 0 Å². The molecular formula is C16H17N3O2. The fraction of sp³-hybridized carbons (Fsp3) is 0.250. The van der Waals surface area contributed by atoms with E-state index < -0.39 is 4.92 Å². The van der Waals surface area contributed by atoms with Crippen molar-refractivity contribution in [3.63, 3.8) is 0 Å². The lowest BCUT2D eigenvalue weighted by molar-refractivity contribution is -0.384. The van der Waals surface area contributed by atoms with Crippen molar-refractivity contribution >= 4 is 22.7 Å². The minimum atomic E-state index is -0.440. The molecule has 1 aliphatic carbocycles. The number of rotatable bonds is 3. The summed E-state index contributed by atoms with van der Waals surface area (Å²) in [5.74, 6) is 0. The largest absolute Gasteiger partial charge is 0.397 e. The van der Waals surface area contributed by atoms with E-state index in [2.05, 4.69) is 11.4 Å². The molecule has 0 bridgehead atoms. The van der Waals surface area contributed by atoms with E-state index in [0.717, 1.165) is 18.5 Å². The van der Waals surface area contributed by atoms with Gasteiger partial charge in [0.1, 0.15) is 0 Å². The zero-order chi connectivity index (χ0) is 14.8. The topological polar surface area (TPSA) is 81.2 Å². The molecule has 0 heterocycles. The number of non-ortho nitro benzene ring substituents is 1. The van der Waals surface area contributed by atoms with Crippen molar-refractivity contribution < 1.29 is 4.92 Å². The van der Waals surface area contributed by atoms with Crippen molar-refractivity contribution in [2.45, 2.75) is 25.7 Å². The second-order valence-corrected chi connectivity index (χ2v) is 5.30. The maximum absolute atomic E-state index is 10.7. The van der Waals surface area contributed by atoms with Gasteiger partial charge in [0.2, 0.25) is 0 Å². The van der Waals surface area contributed by atoms with E-state index in [-0.39, 0.29) is 5.69 Å². The van der Waals surface area contributed by atoms with Crippen LogP contribution in [-0.2, 0) is 12.8 Å². The van der Waals surface area contributed by atoms with Crippen LogP contribution in [0.2, 0.25) is 0 Å². The maximum atomic E-state index is 10.7. The number of hydrogen-bond acceptors (Lipinski definition) is 4. The molecule has 2 aromatic carbocycles. The first kappa shape index (κ1) is 13.4. The summed E-state index contributed by atoms with van der Waals surface area (Å²) in [6, 6.07) is 10.7. The molecule has 0 atom stereocenters. The highest BCUT2D eigenvalue weighted by Crippen LogP contribution is 2.32. The number of hydrogen-bond donors (Lipinski definition) is 2. The van der Waals surface area contributed by atoms with E-state index in [4.69, 9.17) is 5.73 Å². The van der Waals surface area contributed by atoms with E-state index in [9.17, 15) is 10.1 Å². The summed E-state index contributed by atoms with van der Waals surface area (Å²) >= 11 is 0. The monoisotopic (exact) mass is 283 g/mol. The number of nitrogens with one attached hydrogen (secondary N) is 1. The van der Waals surface area contributed by atoms with Crippen LogP contribution in [0.3, 0.4) is 0 Å². The van der Waals surface area contributed by atoms with Gasteiger partial charge in [-0.15, -0.1) is 0 Å². The zero-order valence-corrected chi connectivity index (χ0v) is 11.6. The molecule has 21 heavy (non-hydrogen) atoms. The van der Waals surface area contributed by atoms with Crippen molar-refractivity contribution in [3.05, 3.63) is 57.6 Å². The molecule has 0 fully saturated rings. The molecule has 0 saturated heterocycles. The van der Waals surface area contributed by atoms with Crippen LogP contribution in [0.25, 0.3) is 0 Å². The highest BCUT2D eigenvalue weighted by atomic mass is 16.6. The lowest BCUT2D eigenvalue weighted by atomic mass is 9.90. The van der Waals surface area contributed by atoms with Gasteiger partial charge in [0.15, 0.2) is 0 Å². The van der Waals surface area contributed by atoms with Gasteiger partial charge in [-0.25, -0.2) is 0 Å². The molecule has 3 N–H and O–H groups in total. The van der Waals surface area contributed by atoms with Crippen LogP contribution in [0, 0.1) is 10.1 Å². The second kappa shape index (κ2) is 5.44. The Morgan fingerprint density at radius 1 is 1.10 bits per heavy atom. The number of nitro benzene ring substituents is 1. The number of nitrogen functional groups attached to an aromatic ring is 1. The molecular weight excluding hydrogens is 266 g/mol. The normalized spacial score (nSPS) is 13.5. The quantitative estimate of drug-likeness (QED) is 0.510. The fourth-order valence-corrected chi connectivity index (χ4v) is 2.82.